The van der Waals surface area contributed by atoms with Crippen molar-refractivity contribution in [3.63, 3.8) is 0 Å². The minimum Gasteiger partial charge on any atom is -0.315 e. The molecule has 0 aliphatic heterocycles. The zero-order valence-corrected chi connectivity index (χ0v) is 16.0. The Balaban J connectivity index is 1.64. The number of nitrogens with zero attached hydrogens (tertiary/aromatic N) is 3. The predicted octanol–water partition coefficient (Wildman–Crippen LogP) is 4.04. The normalized spacial score (nSPS) is 13.7. The molecule has 0 radical (unpaired) electrons. The third-order valence-corrected chi connectivity index (χ3v) is 5.96. The van der Waals surface area contributed by atoms with E-state index in [1.165, 1.54) is 22.2 Å². The standard InChI is InChI=1S/C21H21N3O2S/c1-2-24(16-10-6-7-11-16)19(25)13-23-14-22-20-17(21(23)26)12-18(27-20)15-8-4-3-5-9-15/h3-5,8-10,12,14H,2,6-7,11,13H2,1H3. The van der Waals surface area contributed by atoms with Gasteiger partial charge in [0.2, 0.25) is 5.91 Å². The largest absolute Gasteiger partial charge is 0.315 e. The van der Waals surface area contributed by atoms with Crippen molar-refractivity contribution >= 4 is 27.5 Å². The molecule has 0 unspecified atom stereocenters. The molecule has 138 valence electrons. The number of rotatable bonds is 5. The van der Waals surface area contributed by atoms with Gasteiger partial charge < -0.3 is 4.90 Å². The Hall–Kier alpha value is -2.73. The van der Waals surface area contributed by atoms with E-state index >= 15 is 0 Å². The molecule has 4 rings (SSSR count). The van der Waals surface area contributed by atoms with Crippen molar-refractivity contribution in [3.05, 3.63) is 64.9 Å². The van der Waals surface area contributed by atoms with E-state index in [0.717, 1.165) is 35.4 Å². The first kappa shape index (κ1) is 17.7. The predicted molar refractivity (Wildman–Crippen MR) is 109 cm³/mol. The lowest BCUT2D eigenvalue weighted by Crippen LogP contribution is -2.35. The molecule has 2 heterocycles. The molecule has 1 aliphatic carbocycles. The monoisotopic (exact) mass is 379 g/mol. The zero-order valence-electron chi connectivity index (χ0n) is 15.2. The van der Waals surface area contributed by atoms with Crippen LogP contribution in [-0.4, -0.2) is 26.9 Å². The van der Waals surface area contributed by atoms with Crippen molar-refractivity contribution < 1.29 is 4.79 Å². The fourth-order valence-corrected chi connectivity index (χ4v) is 4.48. The first-order chi connectivity index (χ1) is 13.2. The van der Waals surface area contributed by atoms with Crippen molar-refractivity contribution in [2.24, 2.45) is 0 Å². The smallest absolute Gasteiger partial charge is 0.262 e. The van der Waals surface area contributed by atoms with Crippen LogP contribution in [0.2, 0.25) is 0 Å². The molecular formula is C21H21N3O2S. The molecule has 3 aromatic rings. The van der Waals surface area contributed by atoms with Gasteiger partial charge >= 0.3 is 0 Å². The van der Waals surface area contributed by atoms with Crippen molar-refractivity contribution in [2.75, 3.05) is 6.54 Å². The van der Waals surface area contributed by atoms with Gasteiger partial charge in [-0.15, -0.1) is 11.3 Å². The van der Waals surface area contributed by atoms with Gasteiger partial charge in [-0.2, -0.15) is 0 Å². The summed E-state index contributed by atoms with van der Waals surface area (Å²) in [5, 5.41) is 0.567. The molecule has 6 heteroatoms. The number of hydrogen-bond donors (Lipinski definition) is 0. The molecule has 1 amide bonds. The van der Waals surface area contributed by atoms with Gasteiger partial charge in [0.15, 0.2) is 0 Å². The summed E-state index contributed by atoms with van der Waals surface area (Å²) < 4.78 is 1.42. The summed E-state index contributed by atoms with van der Waals surface area (Å²) in [4.78, 5) is 33.5. The number of likely N-dealkylation sites (N-methyl/N-ethyl adjacent to an activating group) is 1. The van der Waals surface area contributed by atoms with Gasteiger partial charge in [-0.25, -0.2) is 4.98 Å². The van der Waals surface area contributed by atoms with Crippen LogP contribution in [-0.2, 0) is 11.3 Å². The van der Waals surface area contributed by atoms with Crippen LogP contribution in [0.15, 0.2) is 59.3 Å². The fraction of sp³-hybridized carbons (Fsp3) is 0.286. The number of amides is 1. The van der Waals surface area contributed by atoms with Crippen molar-refractivity contribution in [1.29, 1.82) is 0 Å². The third kappa shape index (κ3) is 3.45. The maximum absolute atomic E-state index is 12.9. The van der Waals surface area contributed by atoms with E-state index < -0.39 is 0 Å². The van der Waals surface area contributed by atoms with E-state index in [1.807, 2.05) is 43.3 Å². The Labute approximate surface area is 161 Å². The first-order valence-corrected chi connectivity index (χ1v) is 10.0. The molecule has 5 nitrogen and oxygen atoms in total. The Kier molecular flexibility index (Phi) is 4.90. The van der Waals surface area contributed by atoms with Crippen LogP contribution >= 0.6 is 11.3 Å². The number of thiophene rings is 1. The lowest BCUT2D eigenvalue weighted by atomic mass is 10.2. The molecule has 0 fully saturated rings. The van der Waals surface area contributed by atoms with Gasteiger partial charge in [0.05, 0.1) is 11.7 Å². The maximum Gasteiger partial charge on any atom is 0.262 e. The lowest BCUT2D eigenvalue weighted by molar-refractivity contribution is -0.129. The molecule has 0 spiro atoms. The van der Waals surface area contributed by atoms with Crippen molar-refractivity contribution in [1.82, 2.24) is 14.5 Å². The molecular weight excluding hydrogens is 358 g/mol. The molecule has 0 saturated heterocycles. The van der Waals surface area contributed by atoms with E-state index in [4.69, 9.17) is 0 Å². The molecule has 2 aromatic heterocycles. The summed E-state index contributed by atoms with van der Waals surface area (Å²) >= 11 is 1.49. The molecule has 0 atom stereocenters. The lowest BCUT2D eigenvalue weighted by Gasteiger charge is -2.22. The molecule has 1 aliphatic rings. The zero-order chi connectivity index (χ0) is 18.8. The average molecular weight is 379 g/mol. The number of hydrogen-bond acceptors (Lipinski definition) is 4. The minimum atomic E-state index is -0.164. The Morgan fingerprint density at radius 1 is 1.30 bits per heavy atom. The Bertz CT molecular complexity index is 1070. The average Bonchev–Trinajstić information content (AvgIpc) is 3.36. The van der Waals surface area contributed by atoms with Crippen LogP contribution in [0.1, 0.15) is 26.2 Å². The summed E-state index contributed by atoms with van der Waals surface area (Å²) in [7, 11) is 0. The second-order valence-corrected chi connectivity index (χ2v) is 7.63. The number of allylic oxidation sites excluding steroid dienone is 2. The van der Waals surface area contributed by atoms with Gasteiger partial charge in [0, 0.05) is 17.1 Å². The SMILES string of the molecule is CCN(C(=O)Cn1cnc2sc(-c3ccccc3)cc2c1=O)C1=CCCC1. The van der Waals surface area contributed by atoms with Crippen LogP contribution in [0.4, 0.5) is 0 Å². The van der Waals surface area contributed by atoms with E-state index in [1.54, 1.807) is 4.90 Å². The number of benzene rings is 1. The van der Waals surface area contributed by atoms with Gasteiger partial charge in [0.25, 0.3) is 5.56 Å². The van der Waals surface area contributed by atoms with Crippen molar-refractivity contribution in [2.45, 2.75) is 32.7 Å². The maximum atomic E-state index is 12.9. The summed E-state index contributed by atoms with van der Waals surface area (Å²) in [5.41, 5.74) is 1.97. The highest BCUT2D eigenvalue weighted by atomic mass is 32.1. The van der Waals surface area contributed by atoms with E-state index in [0.29, 0.717) is 16.8 Å². The van der Waals surface area contributed by atoms with Crippen LogP contribution in [0.25, 0.3) is 20.7 Å². The highest BCUT2D eigenvalue weighted by Crippen LogP contribution is 2.30. The summed E-state index contributed by atoms with van der Waals surface area (Å²) in [6.45, 7) is 2.60. The van der Waals surface area contributed by atoms with E-state index in [2.05, 4.69) is 11.1 Å². The second-order valence-electron chi connectivity index (χ2n) is 6.60. The molecule has 0 N–H and O–H groups in total. The van der Waals surface area contributed by atoms with Gasteiger partial charge in [-0.1, -0.05) is 36.4 Å². The van der Waals surface area contributed by atoms with Crippen molar-refractivity contribution in [3.8, 4) is 10.4 Å². The van der Waals surface area contributed by atoms with Crippen LogP contribution < -0.4 is 5.56 Å². The molecule has 0 saturated carbocycles. The van der Waals surface area contributed by atoms with Gasteiger partial charge in [0.1, 0.15) is 11.4 Å². The highest BCUT2D eigenvalue weighted by Gasteiger charge is 2.20. The third-order valence-electron chi connectivity index (χ3n) is 4.86. The first-order valence-electron chi connectivity index (χ1n) is 9.21. The van der Waals surface area contributed by atoms with E-state index in [9.17, 15) is 9.59 Å². The Morgan fingerprint density at radius 3 is 2.81 bits per heavy atom. The molecule has 1 aromatic carbocycles. The summed E-state index contributed by atoms with van der Waals surface area (Å²) in [5.74, 6) is -0.0626. The number of carbonyl (C=O) groups excluding carboxylic acids is 1. The summed E-state index contributed by atoms with van der Waals surface area (Å²) in [6.07, 6.45) is 6.64. The Morgan fingerprint density at radius 2 is 2.11 bits per heavy atom. The minimum absolute atomic E-state index is 0.0173. The number of fused-ring (bicyclic) bond motifs is 1. The quantitative estimate of drug-likeness (QED) is 0.672. The van der Waals surface area contributed by atoms with Gasteiger partial charge in [-0.05, 0) is 37.8 Å². The topological polar surface area (TPSA) is 55.2 Å². The molecule has 0 bridgehead atoms. The van der Waals surface area contributed by atoms with E-state index in [-0.39, 0.29) is 18.0 Å². The van der Waals surface area contributed by atoms with Crippen LogP contribution in [0.5, 0.6) is 0 Å². The number of carbonyl (C=O) groups is 1. The molecule has 27 heavy (non-hydrogen) atoms. The number of aromatic nitrogens is 2. The second kappa shape index (κ2) is 7.48. The summed E-state index contributed by atoms with van der Waals surface area (Å²) in [6, 6.07) is 11.8. The van der Waals surface area contributed by atoms with Gasteiger partial charge in [-0.3, -0.25) is 14.2 Å². The van der Waals surface area contributed by atoms with Crippen LogP contribution in [0, 0.1) is 0 Å². The van der Waals surface area contributed by atoms with Crippen LogP contribution in [0.3, 0.4) is 0 Å². The fourth-order valence-electron chi connectivity index (χ4n) is 3.49. The highest BCUT2D eigenvalue weighted by molar-refractivity contribution is 7.21.